The molecular formula is C21H17ClFN3OS. The molecule has 0 saturated heterocycles. The van der Waals surface area contributed by atoms with Crippen LogP contribution in [0.1, 0.15) is 5.56 Å². The Hall–Kier alpha value is -2.96. The molecule has 0 spiro atoms. The van der Waals surface area contributed by atoms with Crippen molar-refractivity contribution in [2.24, 2.45) is 5.10 Å². The number of halogens is 2. The minimum Gasteiger partial charge on any atom is -0.487 e. The summed E-state index contributed by atoms with van der Waals surface area (Å²) in [5, 5.41) is 8.39. The van der Waals surface area contributed by atoms with Gasteiger partial charge in [-0.05, 0) is 60.7 Å². The lowest BCUT2D eigenvalue weighted by atomic mass is 10.1. The second-order valence-corrected chi connectivity index (χ2v) is 6.58. The number of hydrogen-bond donors (Lipinski definition) is 2. The second-order valence-electron chi connectivity index (χ2n) is 5.74. The summed E-state index contributed by atoms with van der Waals surface area (Å²) in [4.78, 5) is 0. The summed E-state index contributed by atoms with van der Waals surface area (Å²) >= 11 is 11.3. The van der Waals surface area contributed by atoms with E-state index in [0.717, 1.165) is 11.3 Å². The molecule has 0 unspecified atom stereocenters. The molecule has 0 saturated carbocycles. The van der Waals surface area contributed by atoms with E-state index in [4.69, 9.17) is 28.6 Å². The summed E-state index contributed by atoms with van der Waals surface area (Å²) in [5.41, 5.74) is 5.11. The van der Waals surface area contributed by atoms with Gasteiger partial charge in [0.25, 0.3) is 0 Å². The van der Waals surface area contributed by atoms with E-state index in [1.807, 2.05) is 42.5 Å². The number of nitrogens with zero attached hydrogens (tertiary/aromatic N) is 1. The van der Waals surface area contributed by atoms with Crippen molar-refractivity contribution >= 4 is 40.3 Å². The first-order valence-corrected chi connectivity index (χ1v) is 9.22. The van der Waals surface area contributed by atoms with Gasteiger partial charge in [-0.25, -0.2) is 4.39 Å². The van der Waals surface area contributed by atoms with E-state index in [1.165, 1.54) is 12.1 Å². The van der Waals surface area contributed by atoms with Crippen LogP contribution in [0.15, 0.2) is 84.0 Å². The summed E-state index contributed by atoms with van der Waals surface area (Å²) < 4.78 is 18.8. The van der Waals surface area contributed by atoms with Crippen molar-refractivity contribution in [3.63, 3.8) is 0 Å². The molecule has 0 radical (unpaired) electrons. The van der Waals surface area contributed by atoms with Crippen LogP contribution >= 0.6 is 23.8 Å². The van der Waals surface area contributed by atoms with Crippen molar-refractivity contribution in [3.8, 4) is 5.75 Å². The number of benzene rings is 3. The molecule has 4 nitrogen and oxygen atoms in total. The van der Waals surface area contributed by atoms with Crippen LogP contribution in [0.4, 0.5) is 10.1 Å². The first kappa shape index (κ1) is 19.8. The zero-order chi connectivity index (χ0) is 19.8. The quantitative estimate of drug-likeness (QED) is 0.329. The van der Waals surface area contributed by atoms with E-state index in [9.17, 15) is 4.39 Å². The highest BCUT2D eigenvalue weighted by Crippen LogP contribution is 2.14. The Balaban J connectivity index is 1.71. The maximum absolute atomic E-state index is 13.1. The van der Waals surface area contributed by atoms with Crippen molar-refractivity contribution in [2.75, 3.05) is 11.9 Å². The van der Waals surface area contributed by atoms with Gasteiger partial charge in [-0.3, -0.25) is 5.43 Å². The Labute approximate surface area is 173 Å². The molecule has 3 rings (SSSR count). The van der Waals surface area contributed by atoms with Gasteiger partial charge in [0.05, 0.1) is 0 Å². The SMILES string of the molecule is Fc1ccc(OCC(=NNC(=S)Nc2ccccc2)c2ccc(Cl)cc2)cc1. The van der Waals surface area contributed by atoms with E-state index < -0.39 is 0 Å². The van der Waals surface area contributed by atoms with Crippen LogP contribution in [-0.2, 0) is 0 Å². The summed E-state index contributed by atoms with van der Waals surface area (Å²) in [5.74, 6) is 0.214. The highest BCUT2D eigenvalue weighted by Gasteiger charge is 2.07. The van der Waals surface area contributed by atoms with Crippen molar-refractivity contribution in [3.05, 3.63) is 95.3 Å². The molecule has 3 aromatic carbocycles. The van der Waals surface area contributed by atoms with E-state index in [2.05, 4.69) is 15.8 Å². The number of para-hydroxylation sites is 1. The average molecular weight is 414 g/mol. The van der Waals surface area contributed by atoms with Crippen LogP contribution in [0.2, 0.25) is 5.02 Å². The standard InChI is InChI=1S/C21H17ClFN3OS/c22-16-8-6-15(7-9-16)20(14-27-19-12-10-17(23)11-13-19)25-26-21(28)24-18-4-2-1-3-5-18/h1-13H,14H2,(H2,24,26,28). The number of hydrazone groups is 1. The third-order valence-corrected chi connectivity index (χ3v) is 4.14. The molecule has 0 atom stereocenters. The van der Waals surface area contributed by atoms with Crippen LogP contribution in [0.5, 0.6) is 5.75 Å². The Kier molecular flexibility index (Phi) is 6.94. The predicted molar refractivity (Wildman–Crippen MR) is 116 cm³/mol. The first-order valence-electron chi connectivity index (χ1n) is 8.43. The van der Waals surface area contributed by atoms with E-state index >= 15 is 0 Å². The van der Waals surface area contributed by atoms with Gasteiger partial charge in [-0.1, -0.05) is 41.9 Å². The molecule has 2 N–H and O–H groups in total. The van der Waals surface area contributed by atoms with Crippen LogP contribution in [0.3, 0.4) is 0 Å². The summed E-state index contributed by atoms with van der Waals surface area (Å²) in [6.07, 6.45) is 0. The number of nitrogens with one attached hydrogen (secondary N) is 2. The summed E-state index contributed by atoms with van der Waals surface area (Å²) in [6, 6.07) is 22.5. The molecule has 0 bridgehead atoms. The number of hydrogen-bond acceptors (Lipinski definition) is 3. The number of rotatable bonds is 6. The highest BCUT2D eigenvalue weighted by atomic mass is 35.5. The Morgan fingerprint density at radius 1 is 0.964 bits per heavy atom. The zero-order valence-corrected chi connectivity index (χ0v) is 16.3. The lowest BCUT2D eigenvalue weighted by molar-refractivity contribution is 0.375. The molecule has 0 aliphatic heterocycles. The topological polar surface area (TPSA) is 45.6 Å². The zero-order valence-electron chi connectivity index (χ0n) is 14.7. The van der Waals surface area contributed by atoms with Gasteiger partial charge in [0.15, 0.2) is 5.11 Å². The van der Waals surface area contributed by atoms with Gasteiger partial charge in [-0.2, -0.15) is 5.10 Å². The van der Waals surface area contributed by atoms with Gasteiger partial charge in [-0.15, -0.1) is 0 Å². The van der Waals surface area contributed by atoms with Gasteiger partial charge >= 0.3 is 0 Å². The third kappa shape index (κ3) is 6.04. The second kappa shape index (κ2) is 9.82. The molecule has 0 heterocycles. The normalized spacial score (nSPS) is 11.0. The maximum atomic E-state index is 13.1. The summed E-state index contributed by atoms with van der Waals surface area (Å²) in [7, 11) is 0. The molecule has 0 fully saturated rings. The number of thiocarbonyl (C=S) groups is 1. The maximum Gasteiger partial charge on any atom is 0.191 e. The van der Waals surface area contributed by atoms with Crippen LogP contribution in [0.25, 0.3) is 0 Å². The van der Waals surface area contributed by atoms with Crippen molar-refractivity contribution in [1.82, 2.24) is 5.43 Å². The largest absolute Gasteiger partial charge is 0.487 e. The monoisotopic (exact) mass is 413 g/mol. The molecule has 142 valence electrons. The highest BCUT2D eigenvalue weighted by molar-refractivity contribution is 7.80. The smallest absolute Gasteiger partial charge is 0.191 e. The minimum atomic E-state index is -0.321. The molecule has 0 aliphatic carbocycles. The van der Waals surface area contributed by atoms with Crippen LogP contribution < -0.4 is 15.5 Å². The van der Waals surface area contributed by atoms with Crippen LogP contribution in [-0.4, -0.2) is 17.4 Å². The van der Waals surface area contributed by atoms with Crippen LogP contribution in [0, 0.1) is 5.82 Å². The van der Waals surface area contributed by atoms with Crippen molar-refractivity contribution < 1.29 is 9.13 Å². The van der Waals surface area contributed by atoms with Gasteiger partial charge in [0.2, 0.25) is 0 Å². The predicted octanol–water partition coefficient (Wildman–Crippen LogP) is 5.25. The van der Waals surface area contributed by atoms with E-state index in [1.54, 1.807) is 24.3 Å². The van der Waals surface area contributed by atoms with Crippen molar-refractivity contribution in [1.29, 1.82) is 0 Å². The molecule has 0 aliphatic rings. The Morgan fingerprint density at radius 2 is 1.64 bits per heavy atom. The van der Waals surface area contributed by atoms with Crippen molar-refractivity contribution in [2.45, 2.75) is 0 Å². The fraction of sp³-hybridized carbons (Fsp3) is 0.0476. The van der Waals surface area contributed by atoms with Gasteiger partial charge < -0.3 is 10.1 Å². The van der Waals surface area contributed by atoms with Gasteiger partial charge in [0, 0.05) is 16.3 Å². The fourth-order valence-corrected chi connectivity index (χ4v) is 2.59. The summed E-state index contributed by atoms with van der Waals surface area (Å²) in [6.45, 7) is 0.161. The minimum absolute atomic E-state index is 0.161. The molecule has 7 heteroatoms. The fourth-order valence-electron chi connectivity index (χ4n) is 2.30. The third-order valence-electron chi connectivity index (χ3n) is 3.69. The number of ether oxygens (including phenoxy) is 1. The van der Waals surface area contributed by atoms with Gasteiger partial charge in [0.1, 0.15) is 23.9 Å². The lowest BCUT2D eigenvalue weighted by Gasteiger charge is -2.12. The number of anilines is 1. The lowest BCUT2D eigenvalue weighted by Crippen LogP contribution is -2.27. The first-order chi connectivity index (χ1) is 13.6. The van der Waals surface area contributed by atoms with E-state index in [0.29, 0.717) is 21.6 Å². The molecule has 0 amide bonds. The Bertz CT molecular complexity index is 948. The molecule has 0 aromatic heterocycles. The molecule has 3 aromatic rings. The Morgan fingerprint density at radius 3 is 2.32 bits per heavy atom. The average Bonchev–Trinajstić information content (AvgIpc) is 2.71. The molecular weight excluding hydrogens is 397 g/mol. The van der Waals surface area contributed by atoms with E-state index in [-0.39, 0.29) is 12.4 Å². The molecule has 28 heavy (non-hydrogen) atoms.